The first kappa shape index (κ1) is 24.4. The fourth-order valence-electron chi connectivity index (χ4n) is 5.20. The number of nitrogens with one attached hydrogen (secondary N) is 2. The SMILES string of the molecule is Cc1ccc(Oc2ccc(N3C(=O)Nc4c(C(=O)N[C@@H]5CCCN(C)C5)sc5nccc3c45)c(C)c2)cc1. The summed E-state index contributed by atoms with van der Waals surface area (Å²) < 4.78 is 6.02. The third-order valence-electron chi connectivity index (χ3n) is 7.08. The summed E-state index contributed by atoms with van der Waals surface area (Å²) in [6, 6.07) is 15.1. The van der Waals surface area contributed by atoms with Gasteiger partial charge in [0.1, 0.15) is 21.2 Å². The Bertz CT molecular complexity index is 1550. The summed E-state index contributed by atoms with van der Waals surface area (Å²) in [5.41, 5.74) is 4.02. The van der Waals surface area contributed by atoms with Crippen molar-refractivity contribution < 1.29 is 14.3 Å². The third kappa shape index (κ3) is 4.48. The minimum Gasteiger partial charge on any atom is -0.457 e. The molecule has 2 N–H and O–H groups in total. The number of benzene rings is 2. The number of carbonyl (C=O) groups is 2. The predicted molar refractivity (Wildman–Crippen MR) is 151 cm³/mol. The Morgan fingerprint density at radius 2 is 1.89 bits per heavy atom. The maximum absolute atomic E-state index is 13.5. The van der Waals surface area contributed by atoms with Crippen LogP contribution < -0.4 is 20.3 Å². The molecule has 6 rings (SSSR count). The Balaban J connectivity index is 1.32. The molecule has 8 nitrogen and oxygen atoms in total. The Morgan fingerprint density at radius 3 is 2.66 bits per heavy atom. The Hall–Kier alpha value is -3.95. The van der Waals surface area contributed by atoms with Gasteiger partial charge in [-0.05, 0) is 82.2 Å². The molecule has 194 valence electrons. The standard InChI is InChI=1S/C29H29N5O3S/c1-17-6-8-20(9-7-17)37-21-10-11-22(18(2)15-21)34-23-12-13-30-28-24(23)25(32-29(34)36)26(38-28)27(35)31-19-5-4-14-33(3)16-19/h6-13,15,19H,4-5,14,16H2,1-3H3,(H,31,35)(H,32,36)/t19-/m1/s1. The van der Waals surface area contributed by atoms with Gasteiger partial charge in [-0.2, -0.15) is 0 Å². The number of pyridine rings is 1. The highest BCUT2D eigenvalue weighted by atomic mass is 32.1. The number of piperidine rings is 1. The maximum atomic E-state index is 13.5. The van der Waals surface area contributed by atoms with Crippen molar-refractivity contribution in [3.05, 3.63) is 70.7 Å². The zero-order valence-corrected chi connectivity index (χ0v) is 22.4. The lowest BCUT2D eigenvalue weighted by atomic mass is 10.1. The first-order valence-corrected chi connectivity index (χ1v) is 13.6. The van der Waals surface area contributed by atoms with E-state index in [0.29, 0.717) is 26.8 Å². The van der Waals surface area contributed by atoms with Crippen molar-refractivity contribution in [1.29, 1.82) is 0 Å². The number of carbonyl (C=O) groups excluding carboxylic acids is 2. The number of nitrogens with zero attached hydrogens (tertiary/aromatic N) is 3. The zero-order chi connectivity index (χ0) is 26.4. The summed E-state index contributed by atoms with van der Waals surface area (Å²) in [6.45, 7) is 5.84. The Kier molecular flexibility index (Phi) is 6.25. The molecule has 3 amide bonds. The molecule has 1 saturated heterocycles. The van der Waals surface area contributed by atoms with Crippen LogP contribution in [0.2, 0.25) is 0 Å². The van der Waals surface area contributed by atoms with Gasteiger partial charge in [0.05, 0.1) is 22.4 Å². The van der Waals surface area contributed by atoms with Crippen molar-refractivity contribution in [3.8, 4) is 11.5 Å². The van der Waals surface area contributed by atoms with Crippen molar-refractivity contribution in [3.63, 3.8) is 0 Å². The van der Waals surface area contributed by atoms with Gasteiger partial charge in [-0.15, -0.1) is 11.3 Å². The van der Waals surface area contributed by atoms with Gasteiger partial charge in [-0.3, -0.25) is 9.69 Å². The van der Waals surface area contributed by atoms with Gasteiger partial charge < -0.3 is 20.3 Å². The maximum Gasteiger partial charge on any atom is 0.331 e. The summed E-state index contributed by atoms with van der Waals surface area (Å²) in [4.78, 5) is 36.4. The van der Waals surface area contributed by atoms with Gasteiger partial charge >= 0.3 is 6.03 Å². The molecule has 0 bridgehead atoms. The predicted octanol–water partition coefficient (Wildman–Crippen LogP) is 6.21. The highest BCUT2D eigenvalue weighted by Gasteiger charge is 2.34. The first-order valence-electron chi connectivity index (χ1n) is 12.7. The van der Waals surface area contributed by atoms with Crippen LogP contribution in [-0.2, 0) is 0 Å². The van der Waals surface area contributed by atoms with E-state index in [1.165, 1.54) is 16.9 Å². The second-order valence-electron chi connectivity index (χ2n) is 10.0. The Labute approximate surface area is 225 Å². The van der Waals surface area contributed by atoms with Gasteiger partial charge in [0.25, 0.3) is 5.91 Å². The van der Waals surface area contributed by atoms with Crippen molar-refractivity contribution in [2.75, 3.05) is 30.4 Å². The Morgan fingerprint density at radius 1 is 1.11 bits per heavy atom. The van der Waals surface area contributed by atoms with Crippen LogP contribution in [0.25, 0.3) is 10.2 Å². The average Bonchev–Trinajstić information content (AvgIpc) is 3.26. The molecule has 4 aromatic rings. The lowest BCUT2D eigenvalue weighted by molar-refractivity contribution is 0.0917. The van der Waals surface area contributed by atoms with Crippen molar-refractivity contribution in [2.24, 2.45) is 0 Å². The third-order valence-corrected chi connectivity index (χ3v) is 8.17. The summed E-state index contributed by atoms with van der Waals surface area (Å²) in [7, 11) is 2.07. The lowest BCUT2D eigenvalue weighted by Crippen LogP contribution is -2.46. The molecule has 0 saturated carbocycles. The van der Waals surface area contributed by atoms with Gasteiger partial charge in [0, 0.05) is 18.8 Å². The molecule has 4 heterocycles. The molecule has 2 aliphatic heterocycles. The molecule has 1 fully saturated rings. The minimum atomic E-state index is -0.315. The number of likely N-dealkylation sites (tertiary alicyclic amines) is 1. The molecule has 2 aromatic heterocycles. The fourth-order valence-corrected chi connectivity index (χ4v) is 6.23. The van der Waals surface area contributed by atoms with E-state index in [9.17, 15) is 9.59 Å². The van der Waals surface area contributed by atoms with E-state index in [2.05, 4.69) is 27.6 Å². The van der Waals surface area contributed by atoms with Gasteiger partial charge in [-0.25, -0.2) is 9.78 Å². The summed E-state index contributed by atoms with van der Waals surface area (Å²) in [6.07, 6.45) is 3.68. The van der Waals surface area contributed by atoms with E-state index in [1.54, 1.807) is 11.1 Å². The van der Waals surface area contributed by atoms with Crippen LogP contribution in [0.4, 0.5) is 21.9 Å². The molecule has 0 radical (unpaired) electrons. The smallest absolute Gasteiger partial charge is 0.331 e. The summed E-state index contributed by atoms with van der Waals surface area (Å²) >= 11 is 1.31. The van der Waals surface area contributed by atoms with Crippen LogP contribution in [0.5, 0.6) is 11.5 Å². The molecule has 2 aliphatic rings. The number of urea groups is 1. The highest BCUT2D eigenvalue weighted by Crippen LogP contribution is 2.46. The summed E-state index contributed by atoms with van der Waals surface area (Å²) in [5.74, 6) is 1.27. The quantitative estimate of drug-likeness (QED) is 0.322. The topological polar surface area (TPSA) is 86.8 Å². The van der Waals surface area contributed by atoms with Gasteiger partial charge in [0.2, 0.25) is 0 Å². The second-order valence-corrected chi connectivity index (χ2v) is 11.0. The van der Waals surface area contributed by atoms with E-state index in [0.717, 1.165) is 48.3 Å². The number of aromatic nitrogens is 1. The number of ether oxygens (including phenoxy) is 1. The average molecular weight is 528 g/mol. The monoisotopic (exact) mass is 527 g/mol. The largest absolute Gasteiger partial charge is 0.457 e. The molecule has 0 unspecified atom stereocenters. The van der Waals surface area contributed by atoms with Crippen molar-refractivity contribution in [1.82, 2.24) is 15.2 Å². The van der Waals surface area contributed by atoms with Crippen LogP contribution in [0.1, 0.15) is 33.6 Å². The molecule has 38 heavy (non-hydrogen) atoms. The molecule has 9 heteroatoms. The van der Waals surface area contributed by atoms with E-state index < -0.39 is 0 Å². The molecule has 2 aromatic carbocycles. The fraction of sp³-hybridized carbons (Fsp3) is 0.276. The normalized spacial score (nSPS) is 17.4. The van der Waals surface area contributed by atoms with E-state index >= 15 is 0 Å². The first-order chi connectivity index (χ1) is 18.4. The van der Waals surface area contributed by atoms with Crippen LogP contribution >= 0.6 is 11.3 Å². The van der Waals surface area contributed by atoms with E-state index in [1.807, 2.05) is 62.4 Å². The number of aryl methyl sites for hydroxylation is 2. The van der Waals surface area contributed by atoms with Crippen LogP contribution in [0.15, 0.2) is 54.7 Å². The molecular weight excluding hydrogens is 498 g/mol. The lowest BCUT2D eigenvalue weighted by Gasteiger charge is -2.31. The number of rotatable bonds is 5. The highest BCUT2D eigenvalue weighted by molar-refractivity contribution is 7.21. The number of thiophene rings is 1. The number of amides is 3. The summed E-state index contributed by atoms with van der Waals surface area (Å²) in [5, 5.41) is 6.93. The van der Waals surface area contributed by atoms with E-state index in [4.69, 9.17) is 4.74 Å². The molecule has 1 atom stereocenters. The van der Waals surface area contributed by atoms with Gasteiger partial charge in [-0.1, -0.05) is 17.7 Å². The molecular formula is C29H29N5O3S. The van der Waals surface area contributed by atoms with Crippen LogP contribution in [0, 0.1) is 13.8 Å². The van der Waals surface area contributed by atoms with Gasteiger partial charge in [0.15, 0.2) is 0 Å². The zero-order valence-electron chi connectivity index (χ0n) is 21.6. The van der Waals surface area contributed by atoms with Crippen molar-refractivity contribution >= 4 is 50.6 Å². The second kappa shape index (κ2) is 9.74. The number of hydrogen-bond acceptors (Lipinski definition) is 6. The van der Waals surface area contributed by atoms with Crippen LogP contribution in [0.3, 0.4) is 0 Å². The number of hydrogen-bond donors (Lipinski definition) is 2. The molecule has 0 aliphatic carbocycles. The molecule has 0 spiro atoms. The number of anilines is 3. The van der Waals surface area contributed by atoms with E-state index in [-0.39, 0.29) is 18.0 Å². The minimum absolute atomic E-state index is 0.0881. The van der Waals surface area contributed by atoms with Crippen LogP contribution in [-0.4, -0.2) is 48.0 Å². The number of likely N-dealkylation sites (N-methyl/N-ethyl adjacent to an activating group) is 1. The van der Waals surface area contributed by atoms with Crippen molar-refractivity contribution in [2.45, 2.75) is 32.7 Å².